The second-order valence-electron chi connectivity index (χ2n) is 9.04. The van der Waals surface area contributed by atoms with Gasteiger partial charge in [-0.15, -0.1) is 0 Å². The summed E-state index contributed by atoms with van der Waals surface area (Å²) in [4.78, 5) is 0. The highest BCUT2D eigenvalue weighted by molar-refractivity contribution is 6.58. The molecule has 0 radical (unpaired) electrons. The molecule has 0 aromatic heterocycles. The van der Waals surface area contributed by atoms with Gasteiger partial charge < -0.3 is 0 Å². The van der Waals surface area contributed by atoms with Gasteiger partial charge in [0.05, 0.1) is 0 Å². The van der Waals surface area contributed by atoms with Gasteiger partial charge in [0.1, 0.15) is 0 Å². The standard InChI is InChI=1S/C22H34F2Si/c1-16(2)9-12-25-13-10-19(11-14-25)17-3-5-18(6-4-17)20-7-8-21(23)22(24)15-20/h7-8,15-19,25H,3-6,9-14H2,1-2H3/t17-,18-,19?,25?. The summed E-state index contributed by atoms with van der Waals surface area (Å²) in [6.45, 7) is 4.71. The highest BCUT2D eigenvalue weighted by Gasteiger charge is 2.31. The minimum Gasteiger partial charge on any atom is -0.204 e. The maximum absolute atomic E-state index is 13.5. The largest absolute Gasteiger partial charge is 0.204 e. The minimum absolute atomic E-state index is 0.424. The SMILES string of the molecule is CC(C)CC[SiH]1CCC([C@H]2CC[C@H](c3ccc(F)c(F)c3)CC2)CC1. The van der Waals surface area contributed by atoms with Crippen LogP contribution in [0.15, 0.2) is 18.2 Å². The first-order valence-electron chi connectivity index (χ1n) is 10.5. The van der Waals surface area contributed by atoms with Crippen molar-refractivity contribution in [1.29, 1.82) is 0 Å². The third kappa shape index (κ3) is 5.15. The van der Waals surface area contributed by atoms with Gasteiger partial charge in [-0.2, -0.15) is 0 Å². The van der Waals surface area contributed by atoms with Crippen LogP contribution in [0.3, 0.4) is 0 Å². The number of benzene rings is 1. The molecule has 0 nitrogen and oxygen atoms in total. The maximum atomic E-state index is 13.5. The molecular weight excluding hydrogens is 330 g/mol. The molecule has 1 heterocycles. The topological polar surface area (TPSA) is 0 Å². The third-order valence-electron chi connectivity index (χ3n) is 6.90. The molecule has 3 heteroatoms. The quantitative estimate of drug-likeness (QED) is 0.497. The van der Waals surface area contributed by atoms with E-state index >= 15 is 0 Å². The highest BCUT2D eigenvalue weighted by atomic mass is 28.3. The van der Waals surface area contributed by atoms with Crippen molar-refractivity contribution in [3.63, 3.8) is 0 Å². The first-order chi connectivity index (χ1) is 12.0. The lowest BCUT2D eigenvalue weighted by atomic mass is 9.72. The highest BCUT2D eigenvalue weighted by Crippen LogP contribution is 2.43. The predicted octanol–water partition coefficient (Wildman–Crippen LogP) is 6.92. The molecule has 0 amide bonds. The lowest BCUT2D eigenvalue weighted by Gasteiger charge is -2.38. The van der Waals surface area contributed by atoms with Crippen LogP contribution in [0.5, 0.6) is 0 Å². The Balaban J connectivity index is 1.44. The summed E-state index contributed by atoms with van der Waals surface area (Å²) in [7, 11) is -0.424. The zero-order valence-electron chi connectivity index (χ0n) is 15.9. The van der Waals surface area contributed by atoms with E-state index in [0.29, 0.717) is 5.92 Å². The summed E-state index contributed by atoms with van der Waals surface area (Å²) in [6, 6.07) is 9.20. The van der Waals surface area contributed by atoms with Crippen LogP contribution >= 0.6 is 0 Å². The van der Waals surface area contributed by atoms with Crippen molar-refractivity contribution >= 4 is 8.80 Å². The summed E-state index contributed by atoms with van der Waals surface area (Å²) in [6.07, 6.45) is 9.28. The molecule has 0 N–H and O–H groups in total. The Labute approximate surface area is 154 Å². The van der Waals surface area contributed by atoms with E-state index in [2.05, 4.69) is 13.8 Å². The van der Waals surface area contributed by atoms with E-state index in [4.69, 9.17) is 0 Å². The van der Waals surface area contributed by atoms with Gasteiger partial charge >= 0.3 is 0 Å². The summed E-state index contributed by atoms with van der Waals surface area (Å²) < 4.78 is 26.6. The van der Waals surface area contributed by atoms with E-state index in [1.165, 1.54) is 44.2 Å². The summed E-state index contributed by atoms with van der Waals surface area (Å²) in [5, 5.41) is 0. The van der Waals surface area contributed by atoms with Gasteiger partial charge in [0.25, 0.3) is 0 Å². The molecule has 2 fully saturated rings. The van der Waals surface area contributed by atoms with E-state index in [0.717, 1.165) is 36.2 Å². The number of hydrogen-bond donors (Lipinski definition) is 0. The molecule has 1 saturated heterocycles. The fourth-order valence-corrected chi connectivity index (χ4v) is 9.01. The van der Waals surface area contributed by atoms with Crippen LogP contribution in [0.1, 0.15) is 70.3 Å². The second kappa shape index (κ2) is 8.79. The first-order valence-corrected chi connectivity index (χ1v) is 12.9. The average molecular weight is 365 g/mol. The molecule has 0 spiro atoms. The first kappa shape index (κ1) is 19.1. The average Bonchev–Trinajstić information content (AvgIpc) is 2.63. The minimum atomic E-state index is -0.726. The Morgan fingerprint density at radius 2 is 1.56 bits per heavy atom. The molecule has 1 aliphatic carbocycles. The van der Waals surface area contributed by atoms with E-state index in [1.54, 1.807) is 24.2 Å². The van der Waals surface area contributed by atoms with E-state index in [-0.39, 0.29) is 0 Å². The van der Waals surface area contributed by atoms with Crippen molar-refractivity contribution in [1.82, 2.24) is 0 Å². The molecule has 1 aliphatic heterocycles. The van der Waals surface area contributed by atoms with Crippen molar-refractivity contribution < 1.29 is 8.78 Å². The monoisotopic (exact) mass is 364 g/mol. The molecule has 0 unspecified atom stereocenters. The summed E-state index contributed by atoms with van der Waals surface area (Å²) >= 11 is 0. The van der Waals surface area contributed by atoms with Crippen LogP contribution in [0.4, 0.5) is 8.78 Å². The zero-order chi connectivity index (χ0) is 17.8. The summed E-state index contributed by atoms with van der Waals surface area (Å²) in [5.74, 6) is 1.73. The fourth-order valence-electron chi connectivity index (χ4n) is 5.21. The van der Waals surface area contributed by atoms with Crippen molar-refractivity contribution in [3.8, 4) is 0 Å². The smallest absolute Gasteiger partial charge is 0.159 e. The van der Waals surface area contributed by atoms with Crippen LogP contribution in [-0.2, 0) is 0 Å². The molecule has 2 aliphatic rings. The van der Waals surface area contributed by atoms with Gasteiger partial charge in [-0.25, -0.2) is 8.78 Å². The van der Waals surface area contributed by atoms with Gasteiger partial charge in [-0.1, -0.05) is 57.3 Å². The van der Waals surface area contributed by atoms with Crippen LogP contribution in [0.2, 0.25) is 18.1 Å². The number of hydrogen-bond acceptors (Lipinski definition) is 0. The normalized spacial score (nSPS) is 30.6. The lowest BCUT2D eigenvalue weighted by Crippen LogP contribution is -2.28. The van der Waals surface area contributed by atoms with Gasteiger partial charge in [0.2, 0.25) is 0 Å². The lowest BCUT2D eigenvalue weighted by molar-refractivity contribution is 0.216. The summed E-state index contributed by atoms with van der Waals surface area (Å²) in [5.41, 5.74) is 1.00. The van der Waals surface area contributed by atoms with Crippen molar-refractivity contribution in [3.05, 3.63) is 35.4 Å². The van der Waals surface area contributed by atoms with Crippen LogP contribution in [0.25, 0.3) is 0 Å². The maximum Gasteiger partial charge on any atom is 0.159 e. The Morgan fingerprint density at radius 3 is 2.16 bits per heavy atom. The molecule has 140 valence electrons. The van der Waals surface area contributed by atoms with Crippen molar-refractivity contribution in [2.45, 2.75) is 82.8 Å². The number of halogens is 2. The third-order valence-corrected chi connectivity index (χ3v) is 10.3. The molecule has 1 saturated carbocycles. The molecule has 1 aromatic carbocycles. The van der Waals surface area contributed by atoms with E-state index in [9.17, 15) is 8.78 Å². The van der Waals surface area contributed by atoms with Crippen LogP contribution in [-0.4, -0.2) is 8.80 Å². The Hall–Kier alpha value is -0.703. The zero-order valence-corrected chi connectivity index (χ0v) is 17.1. The molecule has 0 atom stereocenters. The fraction of sp³-hybridized carbons (Fsp3) is 0.727. The Kier molecular flexibility index (Phi) is 6.71. The van der Waals surface area contributed by atoms with E-state index in [1.807, 2.05) is 0 Å². The van der Waals surface area contributed by atoms with Gasteiger partial charge in [0.15, 0.2) is 11.6 Å². The van der Waals surface area contributed by atoms with Crippen molar-refractivity contribution in [2.24, 2.45) is 17.8 Å². The Morgan fingerprint density at radius 1 is 0.920 bits per heavy atom. The molecular formula is C22H34F2Si. The van der Waals surface area contributed by atoms with E-state index < -0.39 is 20.4 Å². The van der Waals surface area contributed by atoms with Gasteiger partial charge in [-0.3, -0.25) is 0 Å². The molecule has 0 bridgehead atoms. The Bertz CT molecular complexity index is 541. The molecule has 3 rings (SSSR count). The second-order valence-corrected chi connectivity index (χ2v) is 12.5. The van der Waals surface area contributed by atoms with Crippen LogP contribution < -0.4 is 0 Å². The number of rotatable bonds is 5. The molecule has 1 aromatic rings. The predicted molar refractivity (Wildman–Crippen MR) is 105 cm³/mol. The van der Waals surface area contributed by atoms with Gasteiger partial charge in [-0.05, 0) is 67.1 Å². The van der Waals surface area contributed by atoms with Crippen molar-refractivity contribution in [2.75, 3.05) is 0 Å². The van der Waals surface area contributed by atoms with Gasteiger partial charge in [0, 0.05) is 8.80 Å². The van der Waals surface area contributed by atoms with Crippen LogP contribution in [0, 0.1) is 29.4 Å². The molecule has 25 heavy (non-hydrogen) atoms.